The number of hydrogen-bond acceptors (Lipinski definition) is 3. The van der Waals surface area contributed by atoms with Gasteiger partial charge in [-0.3, -0.25) is 4.68 Å². The first-order chi connectivity index (χ1) is 9.83. The largest absolute Gasteiger partial charge is 0.370 e. The van der Waals surface area contributed by atoms with E-state index < -0.39 is 0 Å². The summed E-state index contributed by atoms with van der Waals surface area (Å²) in [6, 6.07) is 4.68. The summed E-state index contributed by atoms with van der Waals surface area (Å²) >= 11 is 0. The summed E-state index contributed by atoms with van der Waals surface area (Å²) < 4.78 is 4.14. The molecule has 20 heavy (non-hydrogen) atoms. The molecule has 0 radical (unpaired) electrons. The van der Waals surface area contributed by atoms with E-state index in [2.05, 4.69) is 27.2 Å². The zero-order valence-electron chi connectivity index (χ0n) is 11.9. The van der Waals surface area contributed by atoms with Crippen molar-refractivity contribution in [2.24, 2.45) is 7.05 Å². The van der Waals surface area contributed by atoms with Gasteiger partial charge in [-0.05, 0) is 25.3 Å². The SMILES string of the molecule is Cn1nccc1C1CCNc2cc(C3CCCC3)nn21. The minimum Gasteiger partial charge on any atom is -0.370 e. The van der Waals surface area contributed by atoms with Crippen LogP contribution in [0, 0.1) is 0 Å². The maximum Gasteiger partial charge on any atom is 0.125 e. The number of nitrogens with zero attached hydrogens (tertiary/aromatic N) is 4. The van der Waals surface area contributed by atoms with Gasteiger partial charge in [-0.2, -0.15) is 10.2 Å². The number of anilines is 1. The van der Waals surface area contributed by atoms with E-state index in [1.165, 1.54) is 42.9 Å². The Bertz CT molecular complexity index is 606. The molecule has 5 heteroatoms. The van der Waals surface area contributed by atoms with Gasteiger partial charge in [-0.25, -0.2) is 4.68 Å². The van der Waals surface area contributed by atoms with Crippen molar-refractivity contribution >= 4 is 5.82 Å². The summed E-state index contributed by atoms with van der Waals surface area (Å²) in [5, 5.41) is 12.7. The molecule has 1 aliphatic carbocycles. The van der Waals surface area contributed by atoms with Crippen LogP contribution in [0.4, 0.5) is 5.82 Å². The van der Waals surface area contributed by atoms with Gasteiger partial charge in [0.25, 0.3) is 0 Å². The average molecular weight is 271 g/mol. The normalized spacial score (nSPS) is 22.8. The molecule has 0 aromatic carbocycles. The molecule has 0 saturated heterocycles. The van der Waals surface area contributed by atoms with Gasteiger partial charge < -0.3 is 5.32 Å². The van der Waals surface area contributed by atoms with Crippen molar-refractivity contribution in [1.29, 1.82) is 0 Å². The predicted molar refractivity (Wildman–Crippen MR) is 77.9 cm³/mol. The highest BCUT2D eigenvalue weighted by molar-refractivity contribution is 5.41. The van der Waals surface area contributed by atoms with Crippen molar-refractivity contribution in [2.75, 3.05) is 11.9 Å². The van der Waals surface area contributed by atoms with Crippen LogP contribution in [0.2, 0.25) is 0 Å². The molecule has 1 fully saturated rings. The first-order valence-electron chi connectivity index (χ1n) is 7.64. The maximum atomic E-state index is 4.92. The number of nitrogens with one attached hydrogen (secondary N) is 1. The quantitative estimate of drug-likeness (QED) is 0.913. The Kier molecular flexibility index (Phi) is 2.79. The van der Waals surface area contributed by atoms with Crippen molar-refractivity contribution in [3.05, 3.63) is 29.7 Å². The van der Waals surface area contributed by atoms with Crippen LogP contribution in [-0.4, -0.2) is 26.1 Å². The van der Waals surface area contributed by atoms with Crippen molar-refractivity contribution < 1.29 is 0 Å². The summed E-state index contributed by atoms with van der Waals surface area (Å²) in [4.78, 5) is 0. The third-order valence-corrected chi connectivity index (χ3v) is 4.75. The van der Waals surface area contributed by atoms with Gasteiger partial charge in [0.15, 0.2) is 0 Å². The minimum atomic E-state index is 0.314. The molecule has 1 N–H and O–H groups in total. The van der Waals surface area contributed by atoms with Crippen LogP contribution in [0.5, 0.6) is 0 Å². The second-order valence-corrected chi connectivity index (χ2v) is 5.99. The van der Waals surface area contributed by atoms with Crippen LogP contribution < -0.4 is 5.32 Å². The molecular formula is C15H21N5. The number of aromatic nitrogens is 4. The maximum absolute atomic E-state index is 4.92. The molecule has 2 aromatic rings. The molecule has 0 spiro atoms. The highest BCUT2D eigenvalue weighted by atomic mass is 15.4. The van der Waals surface area contributed by atoms with E-state index in [1.54, 1.807) is 0 Å². The molecule has 3 heterocycles. The topological polar surface area (TPSA) is 47.7 Å². The van der Waals surface area contributed by atoms with Crippen LogP contribution in [0.1, 0.15) is 55.5 Å². The first-order valence-corrected chi connectivity index (χ1v) is 7.64. The summed E-state index contributed by atoms with van der Waals surface area (Å²) in [7, 11) is 2.01. The van der Waals surface area contributed by atoms with Crippen LogP contribution in [0.15, 0.2) is 18.3 Å². The third-order valence-electron chi connectivity index (χ3n) is 4.75. The van der Waals surface area contributed by atoms with E-state index >= 15 is 0 Å². The van der Waals surface area contributed by atoms with Crippen LogP contribution in [-0.2, 0) is 7.05 Å². The monoisotopic (exact) mass is 271 g/mol. The lowest BCUT2D eigenvalue weighted by Crippen LogP contribution is -2.26. The summed E-state index contributed by atoms with van der Waals surface area (Å²) in [6.45, 7) is 1.01. The molecule has 2 aromatic heterocycles. The van der Waals surface area contributed by atoms with Gasteiger partial charge in [0.05, 0.1) is 17.4 Å². The molecule has 0 amide bonds. The van der Waals surface area contributed by atoms with Gasteiger partial charge in [0.2, 0.25) is 0 Å². The first kappa shape index (κ1) is 12.0. The molecule has 1 atom stereocenters. The Morgan fingerprint density at radius 3 is 2.85 bits per heavy atom. The van der Waals surface area contributed by atoms with E-state index in [4.69, 9.17) is 5.10 Å². The number of hydrogen-bond donors (Lipinski definition) is 1. The van der Waals surface area contributed by atoms with Gasteiger partial charge >= 0.3 is 0 Å². The highest BCUT2D eigenvalue weighted by Crippen LogP contribution is 2.37. The number of rotatable bonds is 2. The molecule has 1 saturated carbocycles. The van der Waals surface area contributed by atoms with Crippen LogP contribution in [0.25, 0.3) is 0 Å². The fourth-order valence-corrected chi connectivity index (χ4v) is 3.65. The van der Waals surface area contributed by atoms with E-state index in [9.17, 15) is 0 Å². The lowest BCUT2D eigenvalue weighted by atomic mass is 10.0. The van der Waals surface area contributed by atoms with E-state index in [1.807, 2.05) is 17.9 Å². The summed E-state index contributed by atoms with van der Waals surface area (Å²) in [5.74, 6) is 1.84. The Morgan fingerprint density at radius 1 is 1.25 bits per heavy atom. The highest BCUT2D eigenvalue weighted by Gasteiger charge is 2.28. The fraction of sp³-hybridized carbons (Fsp3) is 0.600. The molecule has 2 aliphatic rings. The summed E-state index contributed by atoms with van der Waals surface area (Å²) in [5.41, 5.74) is 2.52. The fourth-order valence-electron chi connectivity index (χ4n) is 3.65. The van der Waals surface area contributed by atoms with Gasteiger partial charge in [0.1, 0.15) is 5.82 Å². The van der Waals surface area contributed by atoms with Gasteiger partial charge in [-0.1, -0.05) is 12.8 Å². The van der Waals surface area contributed by atoms with Gasteiger partial charge in [-0.15, -0.1) is 0 Å². The van der Waals surface area contributed by atoms with Crippen molar-refractivity contribution in [3.8, 4) is 0 Å². The summed E-state index contributed by atoms with van der Waals surface area (Å²) in [6.07, 6.45) is 8.24. The van der Waals surface area contributed by atoms with Crippen LogP contribution >= 0.6 is 0 Å². The second kappa shape index (κ2) is 4.65. The standard InChI is InChI=1S/C15H21N5/c1-19-13(7-9-17-19)14-6-8-16-15-10-12(18-20(14)15)11-4-2-3-5-11/h7,9-11,14,16H,2-6,8H2,1H3. The Morgan fingerprint density at radius 2 is 2.10 bits per heavy atom. The Hall–Kier alpha value is -1.78. The minimum absolute atomic E-state index is 0.314. The third kappa shape index (κ3) is 1.84. The van der Waals surface area contributed by atoms with Crippen molar-refractivity contribution in [3.63, 3.8) is 0 Å². The smallest absolute Gasteiger partial charge is 0.125 e. The van der Waals surface area contributed by atoms with Gasteiger partial charge in [0, 0.05) is 31.8 Å². The van der Waals surface area contributed by atoms with Crippen molar-refractivity contribution in [2.45, 2.75) is 44.1 Å². The van der Waals surface area contributed by atoms with Crippen molar-refractivity contribution in [1.82, 2.24) is 19.6 Å². The lowest BCUT2D eigenvalue weighted by molar-refractivity contribution is 0.446. The molecule has 1 aliphatic heterocycles. The molecule has 0 bridgehead atoms. The molecule has 4 rings (SSSR count). The molecule has 106 valence electrons. The van der Waals surface area contributed by atoms with E-state index in [-0.39, 0.29) is 0 Å². The zero-order valence-corrected chi connectivity index (χ0v) is 11.9. The second-order valence-electron chi connectivity index (χ2n) is 5.99. The number of aryl methyl sites for hydroxylation is 1. The average Bonchev–Trinajstić information content (AvgIpc) is 3.17. The predicted octanol–water partition coefficient (Wildman–Crippen LogP) is 2.68. The molecular weight excluding hydrogens is 250 g/mol. The van der Waals surface area contributed by atoms with E-state index in [0.717, 1.165) is 13.0 Å². The molecule has 5 nitrogen and oxygen atoms in total. The van der Waals surface area contributed by atoms with Crippen LogP contribution in [0.3, 0.4) is 0 Å². The Labute approximate surface area is 119 Å². The number of fused-ring (bicyclic) bond motifs is 1. The van der Waals surface area contributed by atoms with E-state index in [0.29, 0.717) is 12.0 Å². The zero-order chi connectivity index (χ0) is 13.5. The Balaban J connectivity index is 1.71. The molecule has 1 unspecified atom stereocenters. The lowest BCUT2D eigenvalue weighted by Gasteiger charge is -2.25.